The molecule has 0 spiro atoms. The maximum atomic E-state index is 12.7. The first-order valence-electron chi connectivity index (χ1n) is 11.4. The molecule has 0 aromatic heterocycles. The second kappa shape index (κ2) is 10.7. The first-order valence-corrected chi connectivity index (χ1v) is 11.4. The highest BCUT2D eigenvalue weighted by molar-refractivity contribution is 5.95. The van der Waals surface area contributed by atoms with E-state index in [0.717, 1.165) is 37.6 Å². The van der Waals surface area contributed by atoms with Gasteiger partial charge in [-0.2, -0.15) is 0 Å². The topological polar surface area (TPSA) is 71.1 Å². The first kappa shape index (κ1) is 24.6. The minimum absolute atomic E-state index is 0.0120. The zero-order valence-corrected chi connectivity index (χ0v) is 20.3. The number of carbonyl (C=O) groups is 2. The molecule has 2 amide bonds. The predicted molar refractivity (Wildman–Crippen MR) is 131 cm³/mol. The predicted octanol–water partition coefficient (Wildman–Crippen LogP) is 3.69. The summed E-state index contributed by atoms with van der Waals surface area (Å²) in [5.74, 6) is 0.127. The van der Waals surface area contributed by atoms with Gasteiger partial charge >= 0.3 is 0 Å². The number of hydrogen-bond acceptors (Lipinski definition) is 5. The Morgan fingerprint density at radius 3 is 2.42 bits per heavy atom. The number of anilines is 2. The van der Waals surface area contributed by atoms with Gasteiger partial charge in [-0.05, 0) is 54.3 Å². The number of hydrogen-bond donors (Lipinski definition) is 1. The fourth-order valence-electron chi connectivity index (χ4n) is 3.67. The second-order valence-corrected chi connectivity index (χ2v) is 9.43. The molecule has 2 aromatic carbocycles. The fourth-order valence-corrected chi connectivity index (χ4v) is 3.67. The van der Waals surface area contributed by atoms with Gasteiger partial charge in [-0.25, -0.2) is 0 Å². The summed E-state index contributed by atoms with van der Waals surface area (Å²) in [6, 6.07) is 15.5. The quantitative estimate of drug-likeness (QED) is 0.692. The lowest BCUT2D eigenvalue weighted by atomic mass is 9.87. The lowest BCUT2D eigenvalue weighted by molar-refractivity contribution is -0.139. The molecule has 7 nitrogen and oxygen atoms in total. The van der Waals surface area contributed by atoms with Gasteiger partial charge in [0.25, 0.3) is 5.91 Å². The zero-order chi connectivity index (χ0) is 24.0. The van der Waals surface area contributed by atoms with Crippen LogP contribution in [0.2, 0.25) is 0 Å². The Morgan fingerprint density at radius 1 is 1.12 bits per heavy atom. The highest BCUT2D eigenvalue weighted by Gasteiger charge is 2.22. The summed E-state index contributed by atoms with van der Waals surface area (Å²) in [4.78, 5) is 28.9. The summed E-state index contributed by atoms with van der Waals surface area (Å²) in [6.07, 6.45) is -0.703. The molecule has 1 atom stereocenters. The van der Waals surface area contributed by atoms with Crippen LogP contribution < -0.4 is 15.0 Å². The van der Waals surface area contributed by atoms with Crippen molar-refractivity contribution in [3.63, 3.8) is 0 Å². The van der Waals surface area contributed by atoms with Crippen LogP contribution in [0.1, 0.15) is 33.3 Å². The Balaban J connectivity index is 1.51. The van der Waals surface area contributed by atoms with Crippen molar-refractivity contribution in [2.24, 2.45) is 0 Å². The zero-order valence-electron chi connectivity index (χ0n) is 20.3. The van der Waals surface area contributed by atoms with Crippen molar-refractivity contribution < 1.29 is 19.1 Å². The van der Waals surface area contributed by atoms with E-state index in [9.17, 15) is 9.59 Å². The van der Waals surface area contributed by atoms with E-state index in [-0.39, 0.29) is 23.8 Å². The molecule has 0 bridgehead atoms. The molecule has 33 heavy (non-hydrogen) atoms. The van der Waals surface area contributed by atoms with Crippen LogP contribution in [0.5, 0.6) is 5.75 Å². The molecule has 1 fully saturated rings. The van der Waals surface area contributed by atoms with Gasteiger partial charge in [0.1, 0.15) is 5.75 Å². The van der Waals surface area contributed by atoms with Crippen molar-refractivity contribution in [1.29, 1.82) is 0 Å². The van der Waals surface area contributed by atoms with Crippen LogP contribution in [-0.2, 0) is 19.7 Å². The summed E-state index contributed by atoms with van der Waals surface area (Å²) in [6.45, 7) is 11.2. The first-order chi connectivity index (χ1) is 15.6. The number of likely N-dealkylation sites (N-methyl/N-ethyl adjacent to an activating group) is 1. The summed E-state index contributed by atoms with van der Waals surface area (Å²) in [5.41, 5.74) is 2.92. The summed E-state index contributed by atoms with van der Waals surface area (Å²) < 4.78 is 11.2. The van der Waals surface area contributed by atoms with E-state index >= 15 is 0 Å². The highest BCUT2D eigenvalue weighted by Crippen LogP contribution is 2.26. The molecule has 3 rings (SSSR count). The maximum Gasteiger partial charge on any atom is 0.263 e. The van der Waals surface area contributed by atoms with Crippen LogP contribution in [0, 0.1) is 0 Å². The van der Waals surface area contributed by atoms with Crippen LogP contribution in [-0.4, -0.2) is 62.7 Å². The van der Waals surface area contributed by atoms with Gasteiger partial charge in [0.15, 0.2) is 6.10 Å². The van der Waals surface area contributed by atoms with Crippen molar-refractivity contribution >= 4 is 23.2 Å². The molecule has 1 aliphatic rings. The van der Waals surface area contributed by atoms with Gasteiger partial charge < -0.3 is 24.6 Å². The molecule has 0 radical (unpaired) electrons. The second-order valence-electron chi connectivity index (χ2n) is 9.43. The molecule has 1 N–H and O–H groups in total. The van der Waals surface area contributed by atoms with Crippen LogP contribution in [0.25, 0.3) is 0 Å². The molecule has 0 aliphatic carbocycles. The third kappa shape index (κ3) is 6.96. The number of rotatable bonds is 7. The van der Waals surface area contributed by atoms with E-state index in [1.807, 2.05) is 48.5 Å². The molecule has 0 saturated carbocycles. The Kier molecular flexibility index (Phi) is 7.97. The number of benzene rings is 2. The van der Waals surface area contributed by atoms with Gasteiger partial charge in [0, 0.05) is 31.5 Å². The van der Waals surface area contributed by atoms with Gasteiger partial charge in [-0.15, -0.1) is 0 Å². The van der Waals surface area contributed by atoms with Crippen LogP contribution in [0.4, 0.5) is 11.4 Å². The molecular formula is C26H35N3O4. The normalized spacial score (nSPS) is 15.0. The van der Waals surface area contributed by atoms with Gasteiger partial charge in [-0.1, -0.05) is 32.9 Å². The molecular weight excluding hydrogens is 418 g/mol. The Labute approximate surface area is 196 Å². The van der Waals surface area contributed by atoms with Crippen molar-refractivity contribution in [2.75, 3.05) is 50.1 Å². The van der Waals surface area contributed by atoms with E-state index in [2.05, 4.69) is 31.0 Å². The molecule has 1 heterocycles. The molecule has 7 heteroatoms. The van der Waals surface area contributed by atoms with E-state index in [1.165, 1.54) is 4.90 Å². The molecule has 1 aliphatic heterocycles. The number of nitrogens with one attached hydrogen (secondary N) is 1. The van der Waals surface area contributed by atoms with Crippen LogP contribution in [0.15, 0.2) is 48.5 Å². The highest BCUT2D eigenvalue weighted by atomic mass is 16.5. The van der Waals surface area contributed by atoms with Crippen molar-refractivity contribution in [1.82, 2.24) is 4.90 Å². The molecule has 1 saturated heterocycles. The van der Waals surface area contributed by atoms with Crippen LogP contribution >= 0.6 is 0 Å². The standard InChI is InChI=1S/C26H35N3O4/c1-19(33-23-8-6-7-20(17-23)26(2,3)4)25(31)28(5)18-24(30)27-21-9-11-22(12-10-21)29-13-15-32-16-14-29/h6-12,17,19H,13-16,18H2,1-5H3,(H,27,30). The number of carbonyl (C=O) groups excluding carboxylic acids is 2. The average molecular weight is 454 g/mol. The monoisotopic (exact) mass is 453 g/mol. The summed E-state index contributed by atoms with van der Waals surface area (Å²) in [7, 11) is 1.61. The average Bonchev–Trinajstić information content (AvgIpc) is 2.79. The maximum absolute atomic E-state index is 12.7. The number of amides is 2. The molecule has 1 unspecified atom stereocenters. The third-order valence-electron chi connectivity index (χ3n) is 5.64. The van der Waals surface area contributed by atoms with Gasteiger partial charge in [0.05, 0.1) is 19.8 Å². The number of nitrogens with zero attached hydrogens (tertiary/aromatic N) is 2. The summed E-state index contributed by atoms with van der Waals surface area (Å²) >= 11 is 0. The summed E-state index contributed by atoms with van der Waals surface area (Å²) in [5, 5.41) is 2.85. The van der Waals surface area contributed by atoms with E-state index < -0.39 is 6.10 Å². The van der Waals surface area contributed by atoms with Crippen molar-refractivity contribution in [3.8, 4) is 5.75 Å². The van der Waals surface area contributed by atoms with E-state index in [1.54, 1.807) is 14.0 Å². The SMILES string of the molecule is CC(Oc1cccc(C(C)(C)C)c1)C(=O)N(C)CC(=O)Nc1ccc(N2CCOCC2)cc1. The number of morpholine rings is 1. The minimum Gasteiger partial charge on any atom is -0.481 e. The van der Waals surface area contributed by atoms with E-state index in [0.29, 0.717) is 11.4 Å². The third-order valence-corrected chi connectivity index (χ3v) is 5.64. The lowest BCUT2D eigenvalue weighted by Crippen LogP contribution is -2.42. The Bertz CT molecular complexity index is 947. The lowest BCUT2D eigenvalue weighted by Gasteiger charge is -2.29. The molecule has 178 valence electrons. The molecule has 2 aromatic rings. The van der Waals surface area contributed by atoms with Crippen LogP contribution in [0.3, 0.4) is 0 Å². The largest absolute Gasteiger partial charge is 0.481 e. The Hall–Kier alpha value is -3.06. The number of ether oxygens (including phenoxy) is 2. The fraction of sp³-hybridized carbons (Fsp3) is 0.462. The van der Waals surface area contributed by atoms with Gasteiger partial charge in [-0.3, -0.25) is 9.59 Å². The van der Waals surface area contributed by atoms with Gasteiger partial charge in [0.2, 0.25) is 5.91 Å². The van der Waals surface area contributed by atoms with Crippen molar-refractivity contribution in [2.45, 2.75) is 39.2 Å². The van der Waals surface area contributed by atoms with E-state index in [4.69, 9.17) is 9.47 Å². The Morgan fingerprint density at radius 2 is 1.79 bits per heavy atom. The van der Waals surface area contributed by atoms with Crippen molar-refractivity contribution in [3.05, 3.63) is 54.1 Å². The smallest absolute Gasteiger partial charge is 0.263 e. The minimum atomic E-state index is -0.703.